The van der Waals surface area contributed by atoms with Crippen molar-refractivity contribution in [2.75, 3.05) is 104 Å². The molecule has 0 bridgehead atoms. The van der Waals surface area contributed by atoms with Crippen LogP contribution in [-0.2, 0) is 57.2 Å². The smallest absolute Gasteiger partial charge is 0.330 e. The van der Waals surface area contributed by atoms with Crippen molar-refractivity contribution < 1.29 is 90.4 Å². The quantitative estimate of drug-likeness (QED) is 0.00680. The van der Waals surface area contributed by atoms with Crippen LogP contribution < -0.4 is 44.9 Å². The molecule has 4 fully saturated rings. The summed E-state index contributed by atoms with van der Waals surface area (Å²) in [5.74, 6) is 2.31. The number of unbranched alkanes of at least 4 members (excludes halogenated alkanes) is 6. The molecule has 12 rings (SSSR count). The SMILES string of the molecule is C=CC(=O)OCCCCCCOc1ccc(OC(=O)C2CCC(C(=O)Oc3ccc(C4CCC(CCC)CC4)cc3/C=N/N(CCOCCOC)c3nc4ccccc4s3)CC2)cc1.C=CC(=O)OCCCCCCOc1ccc(OC(=O)C2CCC(C(=O)Oc3ccc(C4CCC(CCC)CC4)cc3C=O)CC2)cc1.COCCOCCNc1nc2ccccc2s1.N. The van der Waals surface area contributed by atoms with E-state index in [1.54, 1.807) is 97.7 Å². The number of para-hydroxylation sites is 2. The Labute approximate surface area is 769 Å². The highest BCUT2D eigenvalue weighted by Gasteiger charge is 2.35. The number of rotatable bonds is 49. The van der Waals surface area contributed by atoms with Crippen LogP contribution in [0, 0.1) is 35.5 Å². The van der Waals surface area contributed by atoms with Crippen LogP contribution in [0.2, 0.25) is 0 Å². The first kappa shape index (κ1) is 102. The van der Waals surface area contributed by atoms with E-state index >= 15 is 0 Å². The van der Waals surface area contributed by atoms with E-state index in [-0.39, 0.29) is 53.7 Å². The van der Waals surface area contributed by atoms with Gasteiger partial charge in [0.2, 0.25) is 5.13 Å². The zero-order valence-electron chi connectivity index (χ0n) is 75.9. The molecular weight excluding hydrogens is 1680 g/mol. The van der Waals surface area contributed by atoms with Crippen LogP contribution in [0.15, 0.2) is 164 Å². The number of nitrogens with zero attached hydrogens (tertiary/aromatic N) is 4. The van der Waals surface area contributed by atoms with E-state index in [2.05, 4.69) is 61.6 Å². The highest BCUT2D eigenvalue weighted by Crippen LogP contribution is 2.42. The van der Waals surface area contributed by atoms with E-state index in [0.29, 0.717) is 176 Å². The number of hydrazone groups is 1. The van der Waals surface area contributed by atoms with Crippen molar-refractivity contribution in [2.45, 2.75) is 205 Å². The Bertz CT molecular complexity index is 4670. The Morgan fingerprint density at radius 2 is 0.860 bits per heavy atom. The Kier molecular flexibility index (Phi) is 45.8. The Balaban J connectivity index is 0.000000251. The third-order valence-electron chi connectivity index (χ3n) is 23.9. The fourth-order valence-electron chi connectivity index (χ4n) is 16.6. The lowest BCUT2D eigenvalue weighted by Gasteiger charge is -2.29. The first-order chi connectivity index (χ1) is 62.6. The molecule has 8 aromatic rings. The molecule has 129 heavy (non-hydrogen) atoms. The van der Waals surface area contributed by atoms with Crippen molar-refractivity contribution in [1.82, 2.24) is 16.1 Å². The summed E-state index contributed by atoms with van der Waals surface area (Å²) in [5.41, 5.74) is 5.49. The maximum atomic E-state index is 13.8. The average Bonchev–Trinajstić information content (AvgIpc) is 1.74. The zero-order chi connectivity index (χ0) is 90.3. The number of carbonyl (C=O) groups is 7. The third kappa shape index (κ3) is 35.2. The second-order valence-corrected chi connectivity index (χ2v) is 35.2. The minimum absolute atomic E-state index is 0. The number of aromatic nitrogens is 2. The van der Waals surface area contributed by atoms with Crippen LogP contribution in [0.1, 0.15) is 233 Å². The number of ether oxygens (including phenoxy) is 12. The van der Waals surface area contributed by atoms with Gasteiger partial charge in [-0.15, -0.1) is 0 Å². The van der Waals surface area contributed by atoms with Gasteiger partial charge in [0, 0.05) is 38.5 Å². The van der Waals surface area contributed by atoms with E-state index in [0.717, 1.165) is 145 Å². The number of aldehydes is 1. The Morgan fingerprint density at radius 1 is 0.450 bits per heavy atom. The fourth-order valence-corrected chi connectivity index (χ4v) is 18.4. The molecule has 0 aliphatic heterocycles. The van der Waals surface area contributed by atoms with E-state index < -0.39 is 11.9 Å². The van der Waals surface area contributed by atoms with Crippen molar-refractivity contribution in [2.24, 2.45) is 40.6 Å². The molecule has 4 aliphatic rings. The van der Waals surface area contributed by atoms with E-state index in [4.69, 9.17) is 66.9 Å². The van der Waals surface area contributed by atoms with Crippen LogP contribution >= 0.6 is 22.7 Å². The monoisotopic (exact) mass is 1810 g/mol. The first-order valence-corrected chi connectivity index (χ1v) is 47.8. The van der Waals surface area contributed by atoms with Gasteiger partial charge in [0.15, 0.2) is 11.4 Å². The summed E-state index contributed by atoms with van der Waals surface area (Å²) in [6.45, 7) is 17.8. The van der Waals surface area contributed by atoms with Crippen molar-refractivity contribution in [3.8, 4) is 34.5 Å². The summed E-state index contributed by atoms with van der Waals surface area (Å²) in [5, 5.41) is 11.8. The summed E-state index contributed by atoms with van der Waals surface area (Å²) >= 11 is 3.23. The topological polar surface area (TPSA) is 319 Å². The molecule has 25 nitrogen and oxygen atoms in total. The van der Waals surface area contributed by atoms with E-state index in [1.807, 2.05) is 59.6 Å². The maximum absolute atomic E-state index is 13.8. The molecule has 4 N–H and O–H groups in total. The normalized spacial score (nSPS) is 18.3. The number of esters is 6. The van der Waals surface area contributed by atoms with Gasteiger partial charge in [-0.3, -0.25) is 24.0 Å². The number of benzene rings is 6. The van der Waals surface area contributed by atoms with Gasteiger partial charge in [-0.2, -0.15) is 5.10 Å². The average molecular weight is 1810 g/mol. The Morgan fingerprint density at radius 3 is 1.29 bits per heavy atom. The second kappa shape index (κ2) is 57.7. The predicted octanol–water partition coefficient (Wildman–Crippen LogP) is 22.0. The lowest BCUT2D eigenvalue weighted by Crippen LogP contribution is -2.30. The van der Waals surface area contributed by atoms with Gasteiger partial charge in [-0.25, -0.2) is 24.6 Å². The summed E-state index contributed by atoms with van der Waals surface area (Å²) in [6, 6.07) is 42.1. The van der Waals surface area contributed by atoms with Crippen molar-refractivity contribution in [3.05, 3.63) is 181 Å². The Hall–Kier alpha value is -10.3. The minimum atomic E-state index is -0.395. The molecular formula is C102H134N6O19S2. The predicted molar refractivity (Wildman–Crippen MR) is 507 cm³/mol. The number of carbonyl (C=O) groups excluding carboxylic acids is 7. The lowest BCUT2D eigenvalue weighted by molar-refractivity contribution is -0.145. The molecule has 27 heteroatoms. The number of nitrogens with one attached hydrogen (secondary N) is 1. The van der Waals surface area contributed by atoms with Crippen LogP contribution in [0.4, 0.5) is 10.3 Å². The molecule has 698 valence electrons. The number of hydrogen-bond acceptors (Lipinski definition) is 27. The van der Waals surface area contributed by atoms with Gasteiger partial charge in [0.05, 0.1) is 128 Å². The highest BCUT2D eigenvalue weighted by molar-refractivity contribution is 7.22. The first-order valence-electron chi connectivity index (χ1n) is 46.2. The summed E-state index contributed by atoms with van der Waals surface area (Å²) in [6.07, 6.45) is 30.8. The lowest BCUT2D eigenvalue weighted by atomic mass is 9.77. The van der Waals surface area contributed by atoms with Gasteiger partial charge in [-0.1, -0.05) is 112 Å². The molecule has 0 radical (unpaired) electrons. The zero-order valence-corrected chi connectivity index (χ0v) is 77.5. The van der Waals surface area contributed by atoms with Gasteiger partial charge < -0.3 is 68.3 Å². The van der Waals surface area contributed by atoms with Crippen molar-refractivity contribution in [1.29, 1.82) is 0 Å². The molecule has 4 aliphatic carbocycles. The van der Waals surface area contributed by atoms with Crippen LogP contribution in [-0.4, -0.2) is 152 Å². The second-order valence-electron chi connectivity index (χ2n) is 33.2. The number of anilines is 2. The van der Waals surface area contributed by atoms with E-state index in [9.17, 15) is 33.6 Å². The van der Waals surface area contributed by atoms with Gasteiger partial charge >= 0.3 is 35.8 Å². The van der Waals surface area contributed by atoms with Crippen molar-refractivity contribution in [3.63, 3.8) is 0 Å². The summed E-state index contributed by atoms with van der Waals surface area (Å²) in [7, 11) is 3.32. The molecule has 0 unspecified atom stereocenters. The molecule has 2 heterocycles. The van der Waals surface area contributed by atoms with Gasteiger partial charge in [0.1, 0.15) is 34.5 Å². The highest BCUT2D eigenvalue weighted by atomic mass is 32.1. The van der Waals surface area contributed by atoms with Gasteiger partial charge in [-0.05, 0) is 286 Å². The summed E-state index contributed by atoms with van der Waals surface area (Å²) < 4.78 is 68.4. The molecule has 6 aromatic carbocycles. The molecule has 0 amide bonds. The van der Waals surface area contributed by atoms with Crippen LogP contribution in [0.3, 0.4) is 0 Å². The molecule has 0 spiro atoms. The summed E-state index contributed by atoms with van der Waals surface area (Å²) in [4.78, 5) is 96.3. The molecule has 0 saturated heterocycles. The number of hydrogen-bond donors (Lipinski definition) is 2. The standard InChI is InChI=1S/C51H65N3O9S.C39H50O8.C12H16N2O2S.H3N/c1-4-12-37-15-17-38(18-16-37)41-23-28-46(42(35-41)36-52-54(29-32-59-34-33-58-3)51-53-45-13-8-9-14-47(45)64-51)63-50(57)40-21-19-39(20-22-40)49(56)62-44-26-24-43(25-27-44)60-30-10-6-7-11-31-61-48(55)5-2;1-3-9-28-10-12-29(13-11-28)32-18-23-36(33(26-32)27-40)47-39(43)31-16-14-30(15-17-31)38(42)46-35-21-19-34(20-22-35)44-24-7-5-6-8-25-45-37(41)4-2;1-15-8-9-16-7-6-13-12-14-10-4-2-3-5-11(10)17-12;/h5,8-9,13-14,23-28,35-40H,2,4,6-7,10-12,15-22,29-34H2,1,3H3;4,18-23,26-31H,2-3,5-17,24-25H2,1H3;2-5H,6-9H2,1H3,(H,13,14);1H3/b52-36+;;;. The third-order valence-corrected chi connectivity index (χ3v) is 26.0. The molecule has 0 atom stereocenters. The number of methoxy groups -OCH3 is 2. The number of fused-ring (bicyclic) bond motifs is 2. The largest absolute Gasteiger partial charge is 0.494 e. The minimum Gasteiger partial charge on any atom is -0.494 e. The van der Waals surface area contributed by atoms with Crippen LogP contribution in [0.25, 0.3) is 20.4 Å². The van der Waals surface area contributed by atoms with Crippen molar-refractivity contribution >= 4 is 102 Å². The van der Waals surface area contributed by atoms with E-state index in [1.165, 1.54) is 67.7 Å². The van der Waals surface area contributed by atoms with Crippen LogP contribution in [0.5, 0.6) is 34.5 Å². The molecule has 2 aromatic heterocycles. The van der Waals surface area contributed by atoms with Gasteiger partial charge in [0.25, 0.3) is 0 Å². The fraction of sp³-hybridized carbons (Fsp3) is 0.510. The number of thiazole rings is 2. The molecule has 4 saturated carbocycles. The maximum Gasteiger partial charge on any atom is 0.330 e.